The van der Waals surface area contributed by atoms with E-state index >= 15 is 0 Å². The van der Waals surface area contributed by atoms with Gasteiger partial charge in [0.15, 0.2) is 4.34 Å². The number of anilines is 1. The van der Waals surface area contributed by atoms with Crippen molar-refractivity contribution in [1.29, 1.82) is 0 Å². The van der Waals surface area contributed by atoms with Gasteiger partial charge in [0.05, 0.1) is 0 Å². The van der Waals surface area contributed by atoms with Crippen LogP contribution in [0.4, 0.5) is 9.93 Å². The smallest absolute Gasteiger partial charge is 0.408 e. The number of nitrogens with one attached hydrogen (secondary N) is 2. The Morgan fingerprint density at radius 3 is 2.25 bits per heavy atom. The van der Waals surface area contributed by atoms with E-state index in [1.807, 2.05) is 60.7 Å². The molecule has 0 bridgehead atoms. The maximum absolute atomic E-state index is 13.0. The number of carbonyl (C=O) groups is 2. The number of aromatic nitrogens is 2. The standard InChI is InChI=1S/C23H26N4O3S2/c1-23(2,3)30-21(29)24-18(14-16-10-6-4-7-11-16)19(28)25-20-26-27-22(32-20)31-15-17-12-8-5-9-13-17/h4-13,18H,14-15H2,1-3H3,(H,24,29)(H,25,26,28). The fraction of sp³-hybridized carbons (Fsp3) is 0.304. The fourth-order valence-corrected chi connectivity index (χ4v) is 4.45. The lowest BCUT2D eigenvalue weighted by atomic mass is 10.1. The van der Waals surface area contributed by atoms with Crippen molar-refractivity contribution in [3.63, 3.8) is 0 Å². The molecule has 0 aliphatic rings. The van der Waals surface area contributed by atoms with Crippen LogP contribution in [0, 0.1) is 0 Å². The minimum atomic E-state index is -0.823. The monoisotopic (exact) mass is 470 g/mol. The van der Waals surface area contributed by atoms with E-state index in [9.17, 15) is 9.59 Å². The Morgan fingerprint density at radius 2 is 1.62 bits per heavy atom. The van der Waals surface area contributed by atoms with E-state index in [-0.39, 0.29) is 5.91 Å². The SMILES string of the molecule is CC(C)(C)OC(=O)NC(Cc1ccccc1)C(=O)Nc1nnc(SCc2ccccc2)s1. The van der Waals surface area contributed by atoms with Gasteiger partial charge in [0.25, 0.3) is 0 Å². The number of rotatable bonds is 8. The topological polar surface area (TPSA) is 93.2 Å². The van der Waals surface area contributed by atoms with Crippen molar-refractivity contribution in [2.45, 2.75) is 48.9 Å². The molecule has 0 aliphatic heterocycles. The van der Waals surface area contributed by atoms with E-state index in [0.29, 0.717) is 11.6 Å². The lowest BCUT2D eigenvalue weighted by Gasteiger charge is -2.23. The second kappa shape index (κ2) is 11.1. The van der Waals surface area contributed by atoms with Crippen molar-refractivity contribution in [2.24, 2.45) is 0 Å². The van der Waals surface area contributed by atoms with Crippen molar-refractivity contribution >= 4 is 40.2 Å². The van der Waals surface area contributed by atoms with E-state index in [1.54, 1.807) is 32.5 Å². The number of hydrogen-bond donors (Lipinski definition) is 2. The quantitative estimate of drug-likeness (QED) is 0.359. The summed E-state index contributed by atoms with van der Waals surface area (Å²) in [6, 6.07) is 18.7. The molecule has 2 N–H and O–H groups in total. The van der Waals surface area contributed by atoms with Gasteiger partial charge in [0.1, 0.15) is 11.6 Å². The predicted octanol–water partition coefficient (Wildman–Crippen LogP) is 4.90. The van der Waals surface area contributed by atoms with Crippen LogP contribution in [0.15, 0.2) is 65.0 Å². The first kappa shape index (κ1) is 23.7. The van der Waals surface area contributed by atoms with Crippen LogP contribution in [0.1, 0.15) is 31.9 Å². The molecule has 1 atom stereocenters. The zero-order valence-corrected chi connectivity index (χ0v) is 19.8. The minimum Gasteiger partial charge on any atom is -0.444 e. The van der Waals surface area contributed by atoms with Gasteiger partial charge in [-0.1, -0.05) is 83.8 Å². The van der Waals surface area contributed by atoms with Gasteiger partial charge in [0.2, 0.25) is 11.0 Å². The lowest BCUT2D eigenvalue weighted by Crippen LogP contribution is -2.47. The Hall–Kier alpha value is -2.91. The van der Waals surface area contributed by atoms with Gasteiger partial charge in [-0.2, -0.15) is 0 Å². The maximum Gasteiger partial charge on any atom is 0.408 e. The third-order valence-corrected chi connectivity index (χ3v) is 6.17. The summed E-state index contributed by atoms with van der Waals surface area (Å²) in [5.41, 5.74) is 1.44. The van der Waals surface area contributed by atoms with E-state index < -0.39 is 17.7 Å². The molecule has 168 valence electrons. The van der Waals surface area contributed by atoms with E-state index in [0.717, 1.165) is 15.7 Å². The largest absolute Gasteiger partial charge is 0.444 e. The Bertz CT molecular complexity index is 1020. The number of hydrogen-bond acceptors (Lipinski definition) is 7. The molecule has 3 rings (SSSR count). The highest BCUT2D eigenvalue weighted by atomic mass is 32.2. The molecule has 1 unspecified atom stereocenters. The predicted molar refractivity (Wildman–Crippen MR) is 128 cm³/mol. The molecular formula is C23H26N4O3S2. The molecule has 0 radical (unpaired) electrons. The Balaban J connectivity index is 1.63. The van der Waals surface area contributed by atoms with E-state index in [2.05, 4.69) is 20.8 Å². The van der Waals surface area contributed by atoms with Gasteiger partial charge in [-0.3, -0.25) is 10.1 Å². The van der Waals surface area contributed by atoms with Crippen molar-refractivity contribution < 1.29 is 14.3 Å². The zero-order valence-electron chi connectivity index (χ0n) is 18.2. The molecule has 1 aromatic heterocycles. The Kier molecular flexibility index (Phi) is 8.24. The molecule has 9 heteroatoms. The maximum atomic E-state index is 13.0. The zero-order chi connectivity index (χ0) is 23.0. The summed E-state index contributed by atoms with van der Waals surface area (Å²) in [5, 5.41) is 14.0. The second-order valence-corrected chi connectivity index (χ2v) is 10.2. The number of thioether (sulfide) groups is 1. The number of benzene rings is 2. The third kappa shape index (κ3) is 7.97. The molecule has 7 nitrogen and oxygen atoms in total. The molecule has 0 saturated carbocycles. The van der Waals surface area contributed by atoms with Crippen LogP contribution >= 0.6 is 23.1 Å². The second-order valence-electron chi connectivity index (χ2n) is 8.03. The lowest BCUT2D eigenvalue weighted by molar-refractivity contribution is -0.118. The number of ether oxygens (including phenoxy) is 1. The van der Waals surface area contributed by atoms with Crippen molar-refractivity contribution in [3.8, 4) is 0 Å². The first-order valence-corrected chi connectivity index (χ1v) is 11.9. The van der Waals surface area contributed by atoms with Crippen LogP contribution in [-0.4, -0.2) is 33.8 Å². The molecule has 0 fully saturated rings. The molecule has 0 saturated heterocycles. The highest BCUT2D eigenvalue weighted by molar-refractivity contribution is 8.00. The van der Waals surface area contributed by atoms with Gasteiger partial charge in [0, 0.05) is 12.2 Å². The van der Waals surface area contributed by atoms with E-state index in [1.165, 1.54) is 16.9 Å². The van der Waals surface area contributed by atoms with Crippen LogP contribution in [0.25, 0.3) is 0 Å². The third-order valence-electron chi connectivity index (χ3n) is 4.13. The first-order chi connectivity index (χ1) is 15.3. The normalized spacial score (nSPS) is 12.1. The fourth-order valence-electron chi connectivity index (χ4n) is 2.74. The van der Waals surface area contributed by atoms with Crippen molar-refractivity contribution in [1.82, 2.24) is 15.5 Å². The summed E-state index contributed by atoms with van der Waals surface area (Å²) in [4.78, 5) is 25.3. The summed E-state index contributed by atoms with van der Waals surface area (Å²) in [5.74, 6) is 0.385. The molecule has 2 amide bonds. The number of alkyl carbamates (subject to hydrolysis) is 1. The molecule has 1 heterocycles. The molecule has 0 spiro atoms. The summed E-state index contributed by atoms with van der Waals surface area (Å²) >= 11 is 2.85. The van der Waals surface area contributed by atoms with Crippen LogP contribution in [-0.2, 0) is 21.7 Å². The average molecular weight is 471 g/mol. The van der Waals surface area contributed by atoms with Gasteiger partial charge in [-0.15, -0.1) is 10.2 Å². The highest BCUT2D eigenvalue weighted by Gasteiger charge is 2.25. The van der Waals surface area contributed by atoms with Crippen LogP contribution < -0.4 is 10.6 Å². The Labute approximate surface area is 196 Å². The summed E-state index contributed by atoms with van der Waals surface area (Å²) in [6.45, 7) is 5.32. The molecule has 3 aromatic rings. The molecule has 32 heavy (non-hydrogen) atoms. The summed E-state index contributed by atoms with van der Waals surface area (Å²) in [6.07, 6.45) is -0.328. The average Bonchev–Trinajstić information content (AvgIpc) is 3.19. The van der Waals surface area contributed by atoms with Gasteiger partial charge in [-0.25, -0.2) is 4.79 Å². The molecular weight excluding hydrogens is 444 g/mol. The minimum absolute atomic E-state index is 0.320. The van der Waals surface area contributed by atoms with Gasteiger partial charge < -0.3 is 10.1 Å². The van der Waals surface area contributed by atoms with Crippen molar-refractivity contribution in [3.05, 3.63) is 71.8 Å². The first-order valence-electron chi connectivity index (χ1n) is 10.1. The molecule has 0 aliphatic carbocycles. The number of carbonyl (C=O) groups excluding carboxylic acids is 2. The van der Waals surface area contributed by atoms with Gasteiger partial charge >= 0.3 is 6.09 Å². The van der Waals surface area contributed by atoms with E-state index in [4.69, 9.17) is 4.74 Å². The Morgan fingerprint density at radius 1 is 1.00 bits per heavy atom. The summed E-state index contributed by atoms with van der Waals surface area (Å²) in [7, 11) is 0. The highest BCUT2D eigenvalue weighted by Crippen LogP contribution is 2.28. The van der Waals surface area contributed by atoms with Gasteiger partial charge in [-0.05, 0) is 31.9 Å². The summed E-state index contributed by atoms with van der Waals surface area (Å²) < 4.78 is 6.08. The molecule has 2 aromatic carbocycles. The van der Waals surface area contributed by atoms with Crippen molar-refractivity contribution in [2.75, 3.05) is 5.32 Å². The van der Waals surface area contributed by atoms with Crippen LogP contribution in [0.3, 0.4) is 0 Å². The number of nitrogens with zero attached hydrogens (tertiary/aromatic N) is 2. The van der Waals surface area contributed by atoms with Crippen LogP contribution in [0.2, 0.25) is 0 Å². The number of amides is 2. The van der Waals surface area contributed by atoms with Crippen LogP contribution in [0.5, 0.6) is 0 Å².